The molecule has 2 aliphatic rings. The van der Waals surface area contributed by atoms with Crippen molar-refractivity contribution >= 4 is 11.9 Å². The standard InChI is InChI=1S/C13H22N2O3/c1-13(3-5-14-6-4-13)12(18)15-7-2-10(9-15)8-11(16)17/h10,14H,2-9H2,1H3,(H,16,17). The minimum Gasteiger partial charge on any atom is -0.481 e. The fourth-order valence-corrected chi connectivity index (χ4v) is 3.00. The SMILES string of the molecule is CC1(C(=O)N2CCC(CC(=O)O)C2)CCNCC1. The molecule has 0 spiro atoms. The van der Waals surface area contributed by atoms with Crippen LogP contribution in [0.2, 0.25) is 0 Å². The fourth-order valence-electron chi connectivity index (χ4n) is 3.00. The van der Waals surface area contributed by atoms with Crippen LogP contribution < -0.4 is 5.32 Å². The zero-order chi connectivity index (χ0) is 13.2. The van der Waals surface area contributed by atoms with Gasteiger partial charge in [0.05, 0.1) is 0 Å². The van der Waals surface area contributed by atoms with E-state index in [4.69, 9.17) is 5.11 Å². The molecule has 0 aromatic rings. The summed E-state index contributed by atoms with van der Waals surface area (Å²) in [7, 11) is 0. The summed E-state index contributed by atoms with van der Waals surface area (Å²) < 4.78 is 0. The highest BCUT2D eigenvalue weighted by Gasteiger charge is 2.40. The van der Waals surface area contributed by atoms with E-state index in [-0.39, 0.29) is 23.7 Å². The molecule has 2 saturated heterocycles. The maximum absolute atomic E-state index is 12.5. The van der Waals surface area contributed by atoms with Crippen LogP contribution in [0.1, 0.15) is 32.6 Å². The first kappa shape index (κ1) is 13.3. The van der Waals surface area contributed by atoms with Gasteiger partial charge in [-0.05, 0) is 38.3 Å². The lowest BCUT2D eigenvalue weighted by Gasteiger charge is -2.36. The Morgan fingerprint density at radius 3 is 2.67 bits per heavy atom. The number of nitrogens with one attached hydrogen (secondary N) is 1. The van der Waals surface area contributed by atoms with E-state index in [1.807, 2.05) is 11.8 Å². The van der Waals surface area contributed by atoms with Gasteiger partial charge in [-0.3, -0.25) is 9.59 Å². The van der Waals surface area contributed by atoms with Crippen LogP contribution in [0.5, 0.6) is 0 Å². The van der Waals surface area contributed by atoms with E-state index in [9.17, 15) is 9.59 Å². The van der Waals surface area contributed by atoms with E-state index in [0.717, 1.165) is 38.9 Å². The molecule has 2 rings (SSSR count). The molecule has 0 saturated carbocycles. The molecule has 0 bridgehead atoms. The van der Waals surface area contributed by atoms with Gasteiger partial charge in [-0.1, -0.05) is 6.92 Å². The summed E-state index contributed by atoms with van der Waals surface area (Å²) >= 11 is 0. The van der Waals surface area contributed by atoms with Gasteiger partial charge in [-0.2, -0.15) is 0 Å². The Bertz CT molecular complexity index is 337. The van der Waals surface area contributed by atoms with Gasteiger partial charge in [-0.15, -0.1) is 0 Å². The Labute approximate surface area is 108 Å². The first-order valence-corrected chi connectivity index (χ1v) is 6.73. The van der Waals surface area contributed by atoms with Crippen LogP contribution >= 0.6 is 0 Å². The number of aliphatic carboxylic acids is 1. The third-order valence-corrected chi connectivity index (χ3v) is 4.26. The molecule has 1 atom stereocenters. The molecule has 2 N–H and O–H groups in total. The monoisotopic (exact) mass is 254 g/mol. The van der Waals surface area contributed by atoms with E-state index >= 15 is 0 Å². The van der Waals surface area contributed by atoms with Crippen LogP contribution in [-0.2, 0) is 9.59 Å². The fraction of sp³-hybridized carbons (Fsp3) is 0.846. The summed E-state index contributed by atoms with van der Waals surface area (Å²) in [6.07, 6.45) is 2.77. The number of carboxylic acid groups (broad SMARTS) is 1. The summed E-state index contributed by atoms with van der Waals surface area (Å²) in [4.78, 5) is 25.1. The molecular weight excluding hydrogens is 232 g/mol. The number of rotatable bonds is 3. The minimum atomic E-state index is -0.762. The Hall–Kier alpha value is -1.10. The highest BCUT2D eigenvalue weighted by Crippen LogP contribution is 2.33. The van der Waals surface area contributed by atoms with E-state index in [0.29, 0.717) is 6.54 Å². The molecule has 1 amide bonds. The number of amides is 1. The molecule has 2 aliphatic heterocycles. The Morgan fingerprint density at radius 1 is 1.39 bits per heavy atom. The van der Waals surface area contributed by atoms with Crippen molar-refractivity contribution in [2.45, 2.75) is 32.6 Å². The normalized spacial score (nSPS) is 27.2. The first-order valence-electron chi connectivity index (χ1n) is 6.73. The van der Waals surface area contributed by atoms with Crippen molar-refractivity contribution in [3.8, 4) is 0 Å². The molecule has 1 unspecified atom stereocenters. The highest BCUT2D eigenvalue weighted by atomic mass is 16.4. The van der Waals surface area contributed by atoms with Crippen LogP contribution in [0.3, 0.4) is 0 Å². The van der Waals surface area contributed by atoms with E-state index < -0.39 is 5.97 Å². The number of nitrogens with zero attached hydrogens (tertiary/aromatic N) is 1. The van der Waals surface area contributed by atoms with Crippen molar-refractivity contribution in [2.75, 3.05) is 26.2 Å². The predicted molar refractivity (Wildman–Crippen MR) is 67.2 cm³/mol. The average Bonchev–Trinajstić information content (AvgIpc) is 2.76. The summed E-state index contributed by atoms with van der Waals surface area (Å²) in [6.45, 7) is 5.18. The second kappa shape index (κ2) is 5.26. The van der Waals surface area contributed by atoms with Crippen LogP contribution in [0, 0.1) is 11.3 Å². The summed E-state index contributed by atoms with van der Waals surface area (Å²) in [6, 6.07) is 0. The van der Waals surface area contributed by atoms with Gasteiger partial charge >= 0.3 is 5.97 Å². The molecule has 0 radical (unpaired) electrons. The molecular formula is C13H22N2O3. The molecule has 0 aromatic heterocycles. The molecule has 0 aliphatic carbocycles. The number of likely N-dealkylation sites (tertiary alicyclic amines) is 1. The van der Waals surface area contributed by atoms with Crippen molar-refractivity contribution in [2.24, 2.45) is 11.3 Å². The summed E-state index contributed by atoms with van der Waals surface area (Å²) in [5, 5.41) is 12.1. The van der Waals surface area contributed by atoms with Crippen molar-refractivity contribution in [1.82, 2.24) is 10.2 Å². The van der Waals surface area contributed by atoms with Gasteiger partial charge in [0.25, 0.3) is 0 Å². The van der Waals surface area contributed by atoms with E-state index in [1.54, 1.807) is 0 Å². The Balaban J connectivity index is 1.92. The number of carbonyl (C=O) groups excluding carboxylic acids is 1. The molecule has 0 aromatic carbocycles. The molecule has 2 fully saturated rings. The Morgan fingerprint density at radius 2 is 2.06 bits per heavy atom. The van der Waals surface area contributed by atoms with Crippen LogP contribution in [0.15, 0.2) is 0 Å². The third-order valence-electron chi connectivity index (χ3n) is 4.26. The maximum atomic E-state index is 12.5. The maximum Gasteiger partial charge on any atom is 0.303 e. The lowest BCUT2D eigenvalue weighted by atomic mass is 9.79. The predicted octanol–water partition coefficient (Wildman–Crippen LogP) is 0.699. The number of hydrogen-bond acceptors (Lipinski definition) is 3. The molecule has 102 valence electrons. The zero-order valence-electron chi connectivity index (χ0n) is 10.9. The minimum absolute atomic E-state index is 0.136. The van der Waals surface area contributed by atoms with Gasteiger partial charge in [0, 0.05) is 24.9 Å². The van der Waals surface area contributed by atoms with E-state index in [2.05, 4.69) is 5.32 Å². The second-order valence-corrected chi connectivity index (χ2v) is 5.81. The molecule has 18 heavy (non-hydrogen) atoms. The number of piperidine rings is 1. The number of carbonyl (C=O) groups is 2. The molecule has 5 nitrogen and oxygen atoms in total. The average molecular weight is 254 g/mol. The van der Waals surface area contributed by atoms with E-state index in [1.165, 1.54) is 0 Å². The van der Waals surface area contributed by atoms with Gasteiger partial charge in [0.1, 0.15) is 0 Å². The second-order valence-electron chi connectivity index (χ2n) is 5.81. The van der Waals surface area contributed by atoms with Gasteiger partial charge < -0.3 is 15.3 Å². The van der Waals surface area contributed by atoms with Gasteiger partial charge in [0.2, 0.25) is 5.91 Å². The number of hydrogen-bond donors (Lipinski definition) is 2. The lowest BCUT2D eigenvalue weighted by Crippen LogP contribution is -2.47. The smallest absolute Gasteiger partial charge is 0.303 e. The zero-order valence-corrected chi connectivity index (χ0v) is 10.9. The van der Waals surface area contributed by atoms with Crippen molar-refractivity contribution in [3.05, 3.63) is 0 Å². The quantitative estimate of drug-likeness (QED) is 0.778. The molecule has 5 heteroatoms. The summed E-state index contributed by atoms with van der Waals surface area (Å²) in [5.74, 6) is -0.406. The largest absolute Gasteiger partial charge is 0.481 e. The van der Waals surface area contributed by atoms with Gasteiger partial charge in [0.15, 0.2) is 0 Å². The summed E-state index contributed by atoms with van der Waals surface area (Å²) in [5.41, 5.74) is -0.247. The van der Waals surface area contributed by atoms with Crippen molar-refractivity contribution in [3.63, 3.8) is 0 Å². The third kappa shape index (κ3) is 2.83. The number of carboxylic acids is 1. The highest BCUT2D eigenvalue weighted by molar-refractivity contribution is 5.83. The van der Waals surface area contributed by atoms with Crippen molar-refractivity contribution in [1.29, 1.82) is 0 Å². The van der Waals surface area contributed by atoms with Crippen molar-refractivity contribution < 1.29 is 14.7 Å². The van der Waals surface area contributed by atoms with Crippen LogP contribution in [-0.4, -0.2) is 48.1 Å². The topological polar surface area (TPSA) is 69.6 Å². The molecule has 2 heterocycles. The first-order chi connectivity index (χ1) is 8.51. The van der Waals surface area contributed by atoms with Gasteiger partial charge in [-0.25, -0.2) is 0 Å². The Kier molecular flexibility index (Phi) is 3.90. The van der Waals surface area contributed by atoms with Crippen LogP contribution in [0.4, 0.5) is 0 Å². The lowest BCUT2D eigenvalue weighted by molar-refractivity contribution is -0.142. The van der Waals surface area contributed by atoms with Crippen LogP contribution in [0.25, 0.3) is 0 Å².